The Morgan fingerprint density at radius 3 is 2.88 bits per heavy atom. The molecule has 1 saturated heterocycles. The van der Waals surface area contributed by atoms with Crippen molar-refractivity contribution in [2.75, 3.05) is 0 Å². The molecule has 1 fully saturated rings. The first kappa shape index (κ1) is 16.4. The van der Waals surface area contributed by atoms with E-state index in [1.54, 1.807) is 0 Å². The van der Waals surface area contributed by atoms with Crippen molar-refractivity contribution in [2.45, 2.75) is 45.4 Å². The van der Waals surface area contributed by atoms with E-state index in [9.17, 15) is 0 Å². The predicted octanol–water partition coefficient (Wildman–Crippen LogP) is 2.72. The molecule has 0 bridgehead atoms. The zero-order chi connectivity index (χ0) is 17.2. The van der Waals surface area contributed by atoms with Crippen LogP contribution >= 0.6 is 11.3 Å². The molecule has 132 valence electrons. The van der Waals surface area contributed by atoms with E-state index in [2.05, 4.69) is 40.0 Å². The summed E-state index contributed by atoms with van der Waals surface area (Å²) in [6, 6.07) is 10.3. The van der Waals surface area contributed by atoms with Crippen LogP contribution in [-0.2, 0) is 6.61 Å². The van der Waals surface area contributed by atoms with Crippen molar-refractivity contribution in [3.05, 3.63) is 41.2 Å². The van der Waals surface area contributed by atoms with E-state index in [0.717, 1.165) is 34.4 Å². The van der Waals surface area contributed by atoms with Crippen LogP contribution in [0.3, 0.4) is 0 Å². The number of rotatable bonds is 6. The minimum Gasteiger partial charge on any atom is -0.486 e. The zero-order valence-corrected chi connectivity index (χ0v) is 15.2. The Balaban J connectivity index is 1.46. The molecule has 0 radical (unpaired) electrons. The number of nitrogens with one attached hydrogen (secondary N) is 2. The third kappa shape index (κ3) is 3.65. The molecular formula is C17H22N6OS. The fourth-order valence-corrected chi connectivity index (χ4v) is 3.88. The standard InChI is InChI=1S/C17H22N6OS/c1-11(2)8-12-9-14(19-18-12)16-20-21-17-23(16)22-15(25-17)10-24-13-6-4-3-5-7-13/h3-7,11-12,14,18-19H,8-10H2,1-2H3. The molecule has 0 aliphatic carbocycles. The second-order valence-corrected chi connectivity index (χ2v) is 7.79. The van der Waals surface area contributed by atoms with Gasteiger partial charge in [-0.1, -0.05) is 43.4 Å². The summed E-state index contributed by atoms with van der Waals surface area (Å²) in [5.74, 6) is 2.36. The first-order chi connectivity index (χ1) is 12.2. The van der Waals surface area contributed by atoms with Gasteiger partial charge in [-0.3, -0.25) is 5.43 Å². The van der Waals surface area contributed by atoms with Gasteiger partial charge in [0.1, 0.15) is 12.4 Å². The number of aromatic nitrogens is 4. The summed E-state index contributed by atoms with van der Waals surface area (Å²) in [6.45, 7) is 4.91. The molecule has 1 aromatic carbocycles. The Bertz CT molecular complexity index is 830. The summed E-state index contributed by atoms with van der Waals surface area (Å²) in [7, 11) is 0. The Kier molecular flexibility index (Phi) is 4.65. The van der Waals surface area contributed by atoms with E-state index in [4.69, 9.17) is 4.74 Å². The monoisotopic (exact) mass is 358 g/mol. The molecule has 8 heteroatoms. The Morgan fingerprint density at radius 2 is 2.08 bits per heavy atom. The van der Waals surface area contributed by atoms with Crippen LogP contribution in [0.2, 0.25) is 0 Å². The molecule has 25 heavy (non-hydrogen) atoms. The maximum atomic E-state index is 5.78. The fraction of sp³-hybridized carbons (Fsp3) is 0.471. The van der Waals surface area contributed by atoms with E-state index in [0.29, 0.717) is 18.6 Å². The molecule has 3 heterocycles. The number of hydrogen-bond acceptors (Lipinski definition) is 7. The summed E-state index contributed by atoms with van der Waals surface area (Å²) >= 11 is 1.51. The minimum atomic E-state index is 0.128. The third-order valence-electron chi connectivity index (χ3n) is 4.21. The van der Waals surface area contributed by atoms with Gasteiger partial charge in [-0.25, -0.2) is 5.43 Å². The topological polar surface area (TPSA) is 76.4 Å². The lowest BCUT2D eigenvalue weighted by molar-refractivity contribution is 0.304. The van der Waals surface area contributed by atoms with Gasteiger partial charge >= 0.3 is 0 Å². The summed E-state index contributed by atoms with van der Waals surface area (Å²) in [5, 5.41) is 14.1. The molecule has 2 aromatic heterocycles. The van der Waals surface area contributed by atoms with Gasteiger partial charge in [0.05, 0.1) is 6.04 Å². The van der Waals surface area contributed by atoms with Gasteiger partial charge < -0.3 is 4.74 Å². The van der Waals surface area contributed by atoms with Gasteiger partial charge in [0, 0.05) is 6.04 Å². The number of benzene rings is 1. The highest BCUT2D eigenvalue weighted by Crippen LogP contribution is 2.26. The smallest absolute Gasteiger partial charge is 0.234 e. The second kappa shape index (κ2) is 7.07. The van der Waals surface area contributed by atoms with Gasteiger partial charge in [0.2, 0.25) is 4.96 Å². The molecule has 3 aromatic rings. The number of nitrogens with zero attached hydrogens (tertiary/aromatic N) is 4. The number of para-hydroxylation sites is 1. The summed E-state index contributed by atoms with van der Waals surface area (Å²) in [5.41, 5.74) is 6.70. The molecule has 2 unspecified atom stereocenters. The van der Waals surface area contributed by atoms with Crippen molar-refractivity contribution in [3.8, 4) is 5.75 Å². The molecule has 7 nitrogen and oxygen atoms in total. The van der Waals surface area contributed by atoms with Crippen LogP contribution in [-0.4, -0.2) is 25.9 Å². The van der Waals surface area contributed by atoms with Crippen LogP contribution in [0.4, 0.5) is 0 Å². The Morgan fingerprint density at radius 1 is 1.24 bits per heavy atom. The quantitative estimate of drug-likeness (QED) is 0.706. The van der Waals surface area contributed by atoms with Gasteiger partial charge in [-0.15, -0.1) is 10.2 Å². The highest BCUT2D eigenvalue weighted by Gasteiger charge is 2.29. The van der Waals surface area contributed by atoms with Gasteiger partial charge in [-0.2, -0.15) is 9.61 Å². The lowest BCUT2D eigenvalue weighted by atomic mass is 10.00. The van der Waals surface area contributed by atoms with E-state index < -0.39 is 0 Å². The van der Waals surface area contributed by atoms with Crippen molar-refractivity contribution in [3.63, 3.8) is 0 Å². The lowest BCUT2D eigenvalue weighted by Crippen LogP contribution is -2.32. The molecule has 1 aliphatic rings. The van der Waals surface area contributed by atoms with Crippen molar-refractivity contribution >= 4 is 16.3 Å². The van der Waals surface area contributed by atoms with E-state index in [1.807, 2.05) is 34.8 Å². The van der Waals surface area contributed by atoms with Crippen LogP contribution in [0.1, 0.15) is 43.6 Å². The van der Waals surface area contributed by atoms with E-state index in [1.165, 1.54) is 11.3 Å². The van der Waals surface area contributed by atoms with Crippen LogP contribution in [0.15, 0.2) is 30.3 Å². The minimum absolute atomic E-state index is 0.128. The number of hydrazine groups is 1. The average molecular weight is 358 g/mol. The van der Waals surface area contributed by atoms with Crippen LogP contribution < -0.4 is 15.6 Å². The fourth-order valence-electron chi connectivity index (χ4n) is 3.12. The Hall–Kier alpha value is -2.03. The molecule has 0 spiro atoms. The first-order valence-corrected chi connectivity index (χ1v) is 9.40. The average Bonchev–Trinajstić information content (AvgIpc) is 3.29. The summed E-state index contributed by atoms with van der Waals surface area (Å²) in [4.78, 5) is 0.802. The van der Waals surface area contributed by atoms with Crippen LogP contribution in [0, 0.1) is 5.92 Å². The maximum Gasteiger partial charge on any atom is 0.234 e. The van der Waals surface area contributed by atoms with Crippen molar-refractivity contribution in [2.24, 2.45) is 5.92 Å². The van der Waals surface area contributed by atoms with Gasteiger partial charge in [0.25, 0.3) is 0 Å². The molecule has 4 rings (SSSR count). The number of ether oxygens (including phenoxy) is 1. The number of hydrogen-bond donors (Lipinski definition) is 2. The lowest BCUT2D eigenvalue weighted by Gasteiger charge is -2.11. The second-order valence-electron chi connectivity index (χ2n) is 6.75. The zero-order valence-electron chi connectivity index (χ0n) is 14.3. The SMILES string of the molecule is CC(C)CC1CC(c2nnc3sc(COc4ccccc4)nn23)NN1. The summed E-state index contributed by atoms with van der Waals surface area (Å²) < 4.78 is 7.61. The number of fused-ring (bicyclic) bond motifs is 1. The largest absolute Gasteiger partial charge is 0.486 e. The normalized spacial score (nSPS) is 20.6. The molecule has 0 saturated carbocycles. The van der Waals surface area contributed by atoms with Gasteiger partial charge in [0.15, 0.2) is 10.8 Å². The van der Waals surface area contributed by atoms with Crippen LogP contribution in [0.5, 0.6) is 5.75 Å². The highest BCUT2D eigenvalue weighted by atomic mass is 32.1. The molecule has 2 N–H and O–H groups in total. The predicted molar refractivity (Wildman–Crippen MR) is 96.3 cm³/mol. The maximum absolute atomic E-state index is 5.78. The Labute approximate surface area is 150 Å². The third-order valence-corrected chi connectivity index (χ3v) is 5.08. The first-order valence-electron chi connectivity index (χ1n) is 8.59. The van der Waals surface area contributed by atoms with Crippen molar-refractivity contribution in [1.82, 2.24) is 30.7 Å². The van der Waals surface area contributed by atoms with Crippen molar-refractivity contribution < 1.29 is 4.74 Å². The summed E-state index contributed by atoms with van der Waals surface area (Å²) in [6.07, 6.45) is 2.13. The molecule has 1 aliphatic heterocycles. The van der Waals surface area contributed by atoms with Crippen molar-refractivity contribution in [1.29, 1.82) is 0 Å². The van der Waals surface area contributed by atoms with Gasteiger partial charge in [-0.05, 0) is 30.9 Å². The molecule has 2 atom stereocenters. The van der Waals surface area contributed by atoms with Crippen LogP contribution in [0.25, 0.3) is 4.96 Å². The molecular weight excluding hydrogens is 336 g/mol. The highest BCUT2D eigenvalue weighted by molar-refractivity contribution is 7.16. The van der Waals surface area contributed by atoms with E-state index in [-0.39, 0.29) is 6.04 Å². The van der Waals surface area contributed by atoms with E-state index >= 15 is 0 Å². The molecule has 0 amide bonds.